The van der Waals surface area contributed by atoms with Gasteiger partial charge >= 0.3 is 0 Å². The molecule has 3 rings (SSSR count). The van der Waals surface area contributed by atoms with Gasteiger partial charge in [-0.1, -0.05) is 29.4 Å². The first-order valence-corrected chi connectivity index (χ1v) is 7.67. The summed E-state index contributed by atoms with van der Waals surface area (Å²) in [6, 6.07) is 7.92. The average molecular weight is 310 g/mol. The fourth-order valence-electron chi connectivity index (χ4n) is 1.95. The Balaban J connectivity index is 1.59. The molecule has 5 nitrogen and oxygen atoms in total. The molecule has 1 N–H and O–H groups in total. The third-order valence-corrected chi connectivity index (χ3v) is 3.76. The van der Waals surface area contributed by atoms with Crippen molar-refractivity contribution in [1.29, 1.82) is 0 Å². The normalized spacial score (nSPS) is 10.0. The minimum Gasteiger partial charge on any atom is -0.473 e. The molecule has 22 heavy (non-hydrogen) atoms. The largest absolute Gasteiger partial charge is 0.473 e. The summed E-state index contributed by atoms with van der Waals surface area (Å²) >= 11 is 1.44. The van der Waals surface area contributed by atoms with Crippen LogP contribution < -0.4 is 10.1 Å². The molecular formula is C16H14N4OS. The summed E-state index contributed by atoms with van der Waals surface area (Å²) in [6.45, 7) is 0.718. The maximum atomic E-state index is 5.03. The van der Waals surface area contributed by atoms with Crippen LogP contribution in [0, 0.1) is 11.8 Å². The number of hydrogen-bond donors (Lipinski definition) is 1. The van der Waals surface area contributed by atoms with Crippen LogP contribution >= 0.6 is 11.3 Å². The van der Waals surface area contributed by atoms with E-state index in [4.69, 9.17) is 4.74 Å². The Bertz CT molecular complexity index is 829. The lowest BCUT2D eigenvalue weighted by Gasteiger charge is -2.05. The Morgan fingerprint density at radius 2 is 2.18 bits per heavy atom. The topological polar surface area (TPSA) is 59.9 Å². The standard InChI is InChI=1S/C16H14N4OS/c1-21-16-20-12(10-22-16)6-4-5-9-17-15-13-7-2-3-8-14(13)18-11-19-15/h2-3,7-8,10-11H,5,9H2,1H3,(H,17,18,19). The van der Waals surface area contributed by atoms with Crippen molar-refractivity contribution in [3.05, 3.63) is 41.7 Å². The average Bonchev–Trinajstić information content (AvgIpc) is 3.03. The van der Waals surface area contributed by atoms with Crippen LogP contribution in [-0.2, 0) is 0 Å². The number of nitrogens with one attached hydrogen (secondary N) is 1. The first kappa shape index (κ1) is 14.3. The van der Waals surface area contributed by atoms with Gasteiger partial charge in [0.2, 0.25) is 0 Å². The molecule has 0 saturated heterocycles. The van der Waals surface area contributed by atoms with Crippen molar-refractivity contribution in [2.24, 2.45) is 0 Å². The summed E-state index contributed by atoms with van der Waals surface area (Å²) in [6.07, 6.45) is 2.27. The lowest BCUT2D eigenvalue weighted by molar-refractivity contribution is 0.411. The first-order valence-electron chi connectivity index (χ1n) is 6.79. The van der Waals surface area contributed by atoms with Crippen LogP contribution in [0.3, 0.4) is 0 Å². The highest BCUT2D eigenvalue weighted by Crippen LogP contribution is 2.18. The molecule has 0 fully saturated rings. The molecule has 0 spiro atoms. The van der Waals surface area contributed by atoms with Gasteiger partial charge < -0.3 is 10.1 Å². The molecule has 1 aromatic carbocycles. The van der Waals surface area contributed by atoms with Crippen LogP contribution in [0.1, 0.15) is 12.1 Å². The summed E-state index contributed by atoms with van der Waals surface area (Å²) in [4.78, 5) is 12.7. The number of hydrogen-bond acceptors (Lipinski definition) is 6. The SMILES string of the molecule is COc1nc(C#CCCNc2ncnc3ccccc23)cs1. The molecule has 3 aromatic rings. The van der Waals surface area contributed by atoms with Crippen molar-refractivity contribution in [3.8, 4) is 17.0 Å². The van der Waals surface area contributed by atoms with E-state index in [9.17, 15) is 0 Å². The van der Waals surface area contributed by atoms with E-state index in [0.717, 1.165) is 29.0 Å². The summed E-state index contributed by atoms with van der Waals surface area (Å²) in [7, 11) is 1.60. The number of rotatable bonds is 4. The second-order valence-corrected chi connectivity index (χ2v) is 5.24. The molecule has 2 heterocycles. The highest BCUT2D eigenvalue weighted by atomic mass is 32.1. The molecule has 0 radical (unpaired) electrons. The molecule has 0 aliphatic heterocycles. The van der Waals surface area contributed by atoms with E-state index < -0.39 is 0 Å². The van der Waals surface area contributed by atoms with E-state index in [1.165, 1.54) is 11.3 Å². The zero-order valence-corrected chi connectivity index (χ0v) is 12.9. The maximum absolute atomic E-state index is 5.03. The summed E-state index contributed by atoms with van der Waals surface area (Å²) in [5.74, 6) is 6.95. The Labute approximate surface area is 132 Å². The van der Waals surface area contributed by atoms with Crippen LogP contribution in [-0.4, -0.2) is 28.6 Å². The monoisotopic (exact) mass is 310 g/mol. The van der Waals surface area contributed by atoms with E-state index in [0.29, 0.717) is 11.6 Å². The summed E-state index contributed by atoms with van der Waals surface area (Å²) in [5.41, 5.74) is 1.68. The van der Waals surface area contributed by atoms with Gasteiger partial charge in [-0.15, -0.1) is 0 Å². The molecule has 0 bridgehead atoms. The van der Waals surface area contributed by atoms with Gasteiger partial charge in [0, 0.05) is 23.7 Å². The highest BCUT2D eigenvalue weighted by Gasteiger charge is 2.01. The maximum Gasteiger partial charge on any atom is 0.274 e. The lowest BCUT2D eigenvalue weighted by atomic mass is 10.2. The molecule has 0 unspecified atom stereocenters. The van der Waals surface area contributed by atoms with Crippen LogP contribution in [0.15, 0.2) is 36.0 Å². The third kappa shape index (κ3) is 3.32. The summed E-state index contributed by atoms with van der Waals surface area (Å²) in [5, 5.41) is 6.83. The number of methoxy groups -OCH3 is 1. The molecule has 0 atom stereocenters. The van der Waals surface area contributed by atoms with E-state index in [-0.39, 0.29) is 0 Å². The van der Waals surface area contributed by atoms with Crippen LogP contribution in [0.5, 0.6) is 5.19 Å². The van der Waals surface area contributed by atoms with Gasteiger partial charge in [-0.2, -0.15) is 4.98 Å². The number of nitrogens with zero attached hydrogens (tertiary/aromatic N) is 3. The number of para-hydroxylation sites is 1. The molecular weight excluding hydrogens is 296 g/mol. The molecule has 110 valence electrons. The van der Waals surface area contributed by atoms with E-state index in [2.05, 4.69) is 32.1 Å². The minimum absolute atomic E-state index is 0.634. The zero-order valence-electron chi connectivity index (χ0n) is 12.0. The lowest BCUT2D eigenvalue weighted by Crippen LogP contribution is -2.03. The number of thiazole rings is 1. The molecule has 0 aliphatic rings. The highest BCUT2D eigenvalue weighted by molar-refractivity contribution is 7.11. The first-order chi connectivity index (χ1) is 10.9. The summed E-state index contributed by atoms with van der Waals surface area (Å²) < 4.78 is 5.03. The van der Waals surface area contributed by atoms with Crippen molar-refractivity contribution in [2.45, 2.75) is 6.42 Å². The van der Waals surface area contributed by atoms with Gasteiger partial charge in [-0.3, -0.25) is 0 Å². The third-order valence-electron chi connectivity index (χ3n) is 2.96. The van der Waals surface area contributed by atoms with Gasteiger partial charge in [-0.25, -0.2) is 9.97 Å². The molecule has 2 aromatic heterocycles. The number of ether oxygens (including phenoxy) is 1. The Kier molecular flexibility index (Phi) is 4.47. The zero-order chi connectivity index (χ0) is 15.2. The Morgan fingerprint density at radius 1 is 1.27 bits per heavy atom. The van der Waals surface area contributed by atoms with Crippen molar-refractivity contribution >= 4 is 28.1 Å². The van der Waals surface area contributed by atoms with E-state index in [1.54, 1.807) is 13.4 Å². The second kappa shape index (κ2) is 6.87. The predicted molar refractivity (Wildman–Crippen MR) is 88.2 cm³/mol. The Morgan fingerprint density at radius 3 is 3.05 bits per heavy atom. The van der Waals surface area contributed by atoms with Gasteiger partial charge in [0.25, 0.3) is 5.19 Å². The van der Waals surface area contributed by atoms with Crippen molar-refractivity contribution in [2.75, 3.05) is 19.0 Å². The molecule has 6 heteroatoms. The quantitative estimate of drug-likeness (QED) is 0.593. The predicted octanol–water partition coefficient (Wildman–Crippen LogP) is 2.95. The smallest absolute Gasteiger partial charge is 0.274 e. The van der Waals surface area contributed by atoms with Crippen LogP contribution in [0.2, 0.25) is 0 Å². The van der Waals surface area contributed by atoms with Gasteiger partial charge in [0.1, 0.15) is 17.8 Å². The van der Waals surface area contributed by atoms with Crippen LogP contribution in [0.25, 0.3) is 10.9 Å². The molecule has 0 saturated carbocycles. The minimum atomic E-state index is 0.634. The van der Waals surface area contributed by atoms with Gasteiger partial charge in [0.15, 0.2) is 0 Å². The van der Waals surface area contributed by atoms with Crippen molar-refractivity contribution in [3.63, 3.8) is 0 Å². The Hall–Kier alpha value is -2.65. The van der Waals surface area contributed by atoms with Crippen LogP contribution in [0.4, 0.5) is 5.82 Å². The molecule has 0 amide bonds. The number of fused-ring (bicyclic) bond motifs is 1. The van der Waals surface area contributed by atoms with Crippen molar-refractivity contribution in [1.82, 2.24) is 15.0 Å². The number of aromatic nitrogens is 3. The molecule has 0 aliphatic carbocycles. The van der Waals surface area contributed by atoms with Gasteiger partial charge in [0.05, 0.1) is 12.6 Å². The number of benzene rings is 1. The second-order valence-electron chi connectivity index (χ2n) is 4.42. The number of anilines is 1. The fourth-order valence-corrected chi connectivity index (χ4v) is 2.52. The van der Waals surface area contributed by atoms with E-state index >= 15 is 0 Å². The van der Waals surface area contributed by atoms with E-state index in [1.807, 2.05) is 29.6 Å². The van der Waals surface area contributed by atoms with Gasteiger partial charge in [-0.05, 0) is 18.1 Å². The fraction of sp³-hybridized carbons (Fsp3) is 0.188. The van der Waals surface area contributed by atoms with Crippen molar-refractivity contribution < 1.29 is 4.74 Å².